The standard InChI is InChI=1S/C18H14Cl2N6O/c1-10-14(17(27)25-11-4-3-7-21-8-11)16(26-18(24-10)22-9-23-26)12-5-2-6-13(19)15(12)20/h2-9,16H,1H3,(H,25,27)(H,22,23,24)/t16-/m0/s1. The van der Waals surface area contributed by atoms with E-state index in [1.165, 1.54) is 6.33 Å². The van der Waals surface area contributed by atoms with Gasteiger partial charge in [0.25, 0.3) is 5.91 Å². The van der Waals surface area contributed by atoms with Gasteiger partial charge in [-0.2, -0.15) is 10.1 Å². The molecule has 0 fully saturated rings. The van der Waals surface area contributed by atoms with Gasteiger partial charge in [0.05, 0.1) is 27.5 Å². The number of allylic oxidation sites excluding steroid dienone is 1. The molecule has 1 atom stereocenters. The molecule has 0 unspecified atom stereocenters. The second-order valence-corrected chi connectivity index (χ2v) is 6.72. The van der Waals surface area contributed by atoms with Crippen molar-refractivity contribution in [2.75, 3.05) is 10.6 Å². The topological polar surface area (TPSA) is 84.7 Å². The number of fused-ring (bicyclic) bond motifs is 1. The van der Waals surface area contributed by atoms with Gasteiger partial charge in [0, 0.05) is 17.5 Å². The van der Waals surface area contributed by atoms with Crippen LogP contribution < -0.4 is 10.6 Å². The van der Waals surface area contributed by atoms with E-state index in [1.807, 2.05) is 13.0 Å². The Morgan fingerprint density at radius 3 is 2.89 bits per heavy atom. The molecule has 1 aliphatic rings. The first kappa shape index (κ1) is 17.5. The summed E-state index contributed by atoms with van der Waals surface area (Å²) in [7, 11) is 0. The lowest BCUT2D eigenvalue weighted by molar-refractivity contribution is -0.113. The number of amides is 1. The zero-order valence-corrected chi connectivity index (χ0v) is 15.7. The maximum absolute atomic E-state index is 13.1. The molecule has 27 heavy (non-hydrogen) atoms. The average Bonchev–Trinajstić information content (AvgIpc) is 3.12. The van der Waals surface area contributed by atoms with Gasteiger partial charge in [-0.05, 0) is 25.1 Å². The molecule has 1 aliphatic heterocycles. The molecular formula is C18H14Cl2N6O. The SMILES string of the molecule is CC1=C(C(=O)Nc2cccnc2)[C@H](c2cccc(Cl)c2Cl)n2ncnc2N1. The molecule has 136 valence electrons. The van der Waals surface area contributed by atoms with E-state index in [4.69, 9.17) is 23.2 Å². The Kier molecular flexibility index (Phi) is 4.55. The van der Waals surface area contributed by atoms with Crippen molar-refractivity contribution in [3.05, 3.63) is 75.9 Å². The third-order valence-corrected chi connectivity index (χ3v) is 5.07. The molecule has 0 aliphatic carbocycles. The first-order valence-corrected chi connectivity index (χ1v) is 8.84. The highest BCUT2D eigenvalue weighted by molar-refractivity contribution is 6.42. The summed E-state index contributed by atoms with van der Waals surface area (Å²) in [5.74, 6) is 0.224. The molecule has 4 rings (SSSR count). The van der Waals surface area contributed by atoms with Crippen LogP contribution in [0.4, 0.5) is 11.6 Å². The van der Waals surface area contributed by atoms with Crippen LogP contribution in [0.5, 0.6) is 0 Å². The maximum atomic E-state index is 13.1. The Bertz CT molecular complexity index is 1050. The van der Waals surface area contributed by atoms with E-state index in [-0.39, 0.29) is 5.91 Å². The Labute approximate surface area is 165 Å². The molecule has 2 aromatic heterocycles. The van der Waals surface area contributed by atoms with Crippen LogP contribution in [0.15, 0.2) is 60.3 Å². The summed E-state index contributed by atoms with van der Waals surface area (Å²) >= 11 is 12.7. The lowest BCUT2D eigenvalue weighted by Gasteiger charge is -2.29. The summed E-state index contributed by atoms with van der Waals surface area (Å²) in [5.41, 5.74) is 2.36. The minimum Gasteiger partial charge on any atom is -0.328 e. The van der Waals surface area contributed by atoms with E-state index < -0.39 is 6.04 Å². The van der Waals surface area contributed by atoms with Gasteiger partial charge in [0.1, 0.15) is 12.4 Å². The van der Waals surface area contributed by atoms with Crippen LogP contribution in [0, 0.1) is 0 Å². The largest absolute Gasteiger partial charge is 0.328 e. The second-order valence-electron chi connectivity index (χ2n) is 5.93. The highest BCUT2D eigenvalue weighted by Crippen LogP contribution is 2.40. The number of carbonyl (C=O) groups is 1. The molecule has 2 N–H and O–H groups in total. The van der Waals surface area contributed by atoms with Crippen LogP contribution in [-0.4, -0.2) is 25.7 Å². The van der Waals surface area contributed by atoms with Crippen LogP contribution in [0.3, 0.4) is 0 Å². The predicted octanol–water partition coefficient (Wildman–Crippen LogP) is 3.91. The number of hydrogen-bond acceptors (Lipinski definition) is 5. The van der Waals surface area contributed by atoms with Crippen molar-refractivity contribution < 1.29 is 4.79 Å². The van der Waals surface area contributed by atoms with Crippen LogP contribution in [0.2, 0.25) is 10.0 Å². The first-order chi connectivity index (χ1) is 13.1. The summed E-state index contributed by atoms with van der Waals surface area (Å²) in [4.78, 5) is 21.3. The molecule has 1 amide bonds. The van der Waals surface area contributed by atoms with Crippen LogP contribution in [0.25, 0.3) is 0 Å². The lowest BCUT2D eigenvalue weighted by Crippen LogP contribution is -2.31. The third kappa shape index (κ3) is 3.15. The van der Waals surface area contributed by atoms with Gasteiger partial charge in [0.15, 0.2) is 0 Å². The van der Waals surface area contributed by atoms with Gasteiger partial charge in [-0.15, -0.1) is 0 Å². The van der Waals surface area contributed by atoms with E-state index in [2.05, 4.69) is 25.7 Å². The highest BCUT2D eigenvalue weighted by atomic mass is 35.5. The van der Waals surface area contributed by atoms with Crippen LogP contribution in [0.1, 0.15) is 18.5 Å². The fraction of sp³-hybridized carbons (Fsp3) is 0.111. The Balaban J connectivity index is 1.82. The smallest absolute Gasteiger partial charge is 0.255 e. The Morgan fingerprint density at radius 2 is 2.11 bits per heavy atom. The van der Waals surface area contributed by atoms with Crippen LogP contribution >= 0.6 is 23.2 Å². The number of anilines is 2. The zero-order chi connectivity index (χ0) is 19.0. The van der Waals surface area contributed by atoms with Gasteiger partial charge >= 0.3 is 0 Å². The maximum Gasteiger partial charge on any atom is 0.255 e. The van der Waals surface area contributed by atoms with Crippen molar-refractivity contribution in [3.63, 3.8) is 0 Å². The fourth-order valence-electron chi connectivity index (χ4n) is 3.04. The zero-order valence-electron chi connectivity index (χ0n) is 14.1. The number of aromatic nitrogens is 4. The fourth-order valence-corrected chi connectivity index (χ4v) is 3.45. The number of benzene rings is 1. The first-order valence-electron chi connectivity index (χ1n) is 8.09. The predicted molar refractivity (Wildman–Crippen MR) is 104 cm³/mol. The van der Waals surface area contributed by atoms with Gasteiger partial charge in [-0.3, -0.25) is 9.78 Å². The Morgan fingerprint density at radius 1 is 1.26 bits per heavy atom. The van der Waals surface area contributed by atoms with Crippen LogP contribution in [-0.2, 0) is 4.79 Å². The quantitative estimate of drug-likeness (QED) is 0.695. The number of pyridine rings is 1. The molecule has 7 nitrogen and oxygen atoms in total. The lowest BCUT2D eigenvalue weighted by atomic mass is 9.95. The van der Waals surface area contributed by atoms with Gasteiger partial charge in [-0.1, -0.05) is 35.3 Å². The molecule has 3 aromatic rings. The summed E-state index contributed by atoms with van der Waals surface area (Å²) in [6, 6.07) is 8.24. The monoisotopic (exact) mass is 400 g/mol. The number of rotatable bonds is 3. The molecular weight excluding hydrogens is 387 g/mol. The average molecular weight is 401 g/mol. The van der Waals surface area contributed by atoms with Crippen molar-refractivity contribution in [2.24, 2.45) is 0 Å². The summed E-state index contributed by atoms with van der Waals surface area (Å²) < 4.78 is 1.61. The minimum absolute atomic E-state index is 0.296. The second kappa shape index (κ2) is 7.02. The number of hydrogen-bond donors (Lipinski definition) is 2. The van der Waals surface area contributed by atoms with Gasteiger partial charge < -0.3 is 10.6 Å². The number of nitrogens with one attached hydrogen (secondary N) is 2. The number of halogens is 2. The molecule has 1 aromatic carbocycles. The Hall–Kier alpha value is -2.90. The van der Waals surface area contributed by atoms with Crippen molar-refractivity contribution in [1.82, 2.24) is 19.7 Å². The van der Waals surface area contributed by atoms with E-state index in [9.17, 15) is 4.79 Å². The minimum atomic E-state index is -0.577. The summed E-state index contributed by atoms with van der Waals surface area (Å²) in [6.07, 6.45) is 4.63. The van der Waals surface area contributed by atoms with E-state index in [1.54, 1.807) is 41.3 Å². The van der Waals surface area contributed by atoms with E-state index in [0.29, 0.717) is 38.5 Å². The molecule has 0 saturated carbocycles. The number of nitrogens with zero attached hydrogens (tertiary/aromatic N) is 4. The normalized spacial score (nSPS) is 15.9. The van der Waals surface area contributed by atoms with Crippen molar-refractivity contribution in [2.45, 2.75) is 13.0 Å². The molecule has 0 radical (unpaired) electrons. The molecule has 3 heterocycles. The van der Waals surface area contributed by atoms with E-state index >= 15 is 0 Å². The van der Waals surface area contributed by atoms with Gasteiger partial charge in [-0.25, -0.2) is 4.68 Å². The summed E-state index contributed by atoms with van der Waals surface area (Å²) in [5, 5.41) is 11.0. The summed E-state index contributed by atoms with van der Waals surface area (Å²) in [6.45, 7) is 1.81. The number of carbonyl (C=O) groups excluding carboxylic acids is 1. The van der Waals surface area contributed by atoms with Crippen molar-refractivity contribution >= 4 is 40.7 Å². The van der Waals surface area contributed by atoms with Gasteiger partial charge in [0.2, 0.25) is 5.95 Å². The van der Waals surface area contributed by atoms with E-state index in [0.717, 1.165) is 0 Å². The molecule has 0 spiro atoms. The van der Waals surface area contributed by atoms with Crippen molar-refractivity contribution in [3.8, 4) is 0 Å². The molecule has 0 saturated heterocycles. The molecule has 9 heteroatoms. The highest BCUT2D eigenvalue weighted by Gasteiger charge is 2.34. The third-order valence-electron chi connectivity index (χ3n) is 4.23. The van der Waals surface area contributed by atoms with Crippen molar-refractivity contribution in [1.29, 1.82) is 0 Å². The molecule has 0 bridgehead atoms.